The first-order chi connectivity index (χ1) is 14.1. The number of hydrogen-bond donors (Lipinski definition) is 3. The van der Waals surface area contributed by atoms with Crippen molar-refractivity contribution in [2.24, 2.45) is 0 Å². The van der Waals surface area contributed by atoms with Crippen LogP contribution in [0.15, 0.2) is 54.6 Å². The van der Waals surface area contributed by atoms with Crippen LogP contribution in [0.25, 0.3) is 22.4 Å². The van der Waals surface area contributed by atoms with Crippen LogP contribution < -0.4 is 5.32 Å². The summed E-state index contributed by atoms with van der Waals surface area (Å²) in [6.07, 6.45) is 2.41. The molecule has 0 bridgehead atoms. The van der Waals surface area contributed by atoms with Gasteiger partial charge in [0.05, 0.1) is 5.69 Å². The van der Waals surface area contributed by atoms with E-state index in [0.717, 1.165) is 40.8 Å². The van der Waals surface area contributed by atoms with Crippen molar-refractivity contribution in [3.63, 3.8) is 0 Å². The molecule has 0 unspecified atom stereocenters. The number of hydrogen-bond acceptors (Lipinski definition) is 3. The lowest BCUT2D eigenvalue weighted by atomic mass is 10.0. The van der Waals surface area contributed by atoms with Crippen LogP contribution in [0.1, 0.15) is 30.8 Å². The van der Waals surface area contributed by atoms with Crippen molar-refractivity contribution in [2.45, 2.75) is 39.2 Å². The van der Waals surface area contributed by atoms with Gasteiger partial charge in [-0.25, -0.2) is 4.98 Å². The molecule has 0 fully saturated rings. The molecule has 1 amide bonds. The fraction of sp³-hybridized carbons (Fsp3) is 0.261. The van der Waals surface area contributed by atoms with Gasteiger partial charge in [-0.1, -0.05) is 48.5 Å². The predicted molar refractivity (Wildman–Crippen MR) is 115 cm³/mol. The molecule has 4 rings (SSSR count). The van der Waals surface area contributed by atoms with Gasteiger partial charge in [0.2, 0.25) is 5.91 Å². The van der Waals surface area contributed by atoms with Crippen LogP contribution in [0.4, 0.5) is 0 Å². The summed E-state index contributed by atoms with van der Waals surface area (Å²) in [4.78, 5) is 19.6. The Kier molecular flexibility index (Phi) is 5.42. The Bertz CT molecular complexity index is 1110. The largest absolute Gasteiger partial charge is 0.354 e. The molecule has 148 valence electrons. The van der Waals surface area contributed by atoms with Gasteiger partial charge < -0.3 is 10.3 Å². The monoisotopic (exact) mass is 387 g/mol. The zero-order valence-corrected chi connectivity index (χ0v) is 16.7. The Balaban J connectivity index is 1.61. The summed E-state index contributed by atoms with van der Waals surface area (Å²) in [6.45, 7) is 3.55. The van der Waals surface area contributed by atoms with Crippen LogP contribution in [0.5, 0.6) is 0 Å². The fourth-order valence-corrected chi connectivity index (χ4v) is 3.73. The third-order valence-electron chi connectivity index (χ3n) is 5.02. The summed E-state index contributed by atoms with van der Waals surface area (Å²) in [7, 11) is 0. The van der Waals surface area contributed by atoms with Gasteiger partial charge >= 0.3 is 0 Å². The Morgan fingerprint density at radius 3 is 2.62 bits per heavy atom. The predicted octanol–water partition coefficient (Wildman–Crippen LogP) is 3.81. The van der Waals surface area contributed by atoms with Gasteiger partial charge in [-0.05, 0) is 37.0 Å². The summed E-state index contributed by atoms with van der Waals surface area (Å²) in [5.41, 5.74) is 4.35. The number of H-pyrrole nitrogens is 2. The zero-order valence-electron chi connectivity index (χ0n) is 16.7. The molecule has 2 aromatic carbocycles. The van der Waals surface area contributed by atoms with Crippen molar-refractivity contribution < 1.29 is 4.79 Å². The molecule has 4 aromatic rings. The highest BCUT2D eigenvalue weighted by atomic mass is 16.1. The number of carbonyl (C=O) groups excluding carboxylic acids is 1. The van der Waals surface area contributed by atoms with Crippen LogP contribution in [0.3, 0.4) is 0 Å². The summed E-state index contributed by atoms with van der Waals surface area (Å²) >= 11 is 0. The van der Waals surface area contributed by atoms with Crippen molar-refractivity contribution >= 4 is 16.8 Å². The van der Waals surface area contributed by atoms with Gasteiger partial charge in [0, 0.05) is 30.3 Å². The normalized spacial score (nSPS) is 12.2. The highest BCUT2D eigenvalue weighted by molar-refractivity contribution is 5.89. The quantitative estimate of drug-likeness (QED) is 0.451. The molecule has 0 aliphatic carbocycles. The number of amides is 1. The van der Waals surface area contributed by atoms with E-state index in [1.807, 2.05) is 43.3 Å². The van der Waals surface area contributed by atoms with Gasteiger partial charge in [-0.3, -0.25) is 9.89 Å². The number of nitrogens with zero attached hydrogens (tertiary/aromatic N) is 2. The minimum Gasteiger partial charge on any atom is -0.354 e. The zero-order chi connectivity index (χ0) is 20.2. The summed E-state index contributed by atoms with van der Waals surface area (Å²) in [5, 5.41) is 11.7. The number of aryl methyl sites for hydroxylation is 2. The first-order valence-corrected chi connectivity index (χ1v) is 9.92. The second-order valence-electron chi connectivity index (χ2n) is 7.42. The molecule has 0 saturated carbocycles. The number of nitrogens with one attached hydrogen (secondary N) is 3. The van der Waals surface area contributed by atoms with Crippen molar-refractivity contribution in [1.29, 1.82) is 0 Å². The second kappa shape index (κ2) is 8.31. The first kappa shape index (κ1) is 18.9. The number of para-hydroxylation sites is 1. The number of aromatic amines is 2. The molecule has 29 heavy (non-hydrogen) atoms. The maximum atomic E-state index is 11.4. The van der Waals surface area contributed by atoms with Gasteiger partial charge in [-0.2, -0.15) is 5.10 Å². The summed E-state index contributed by atoms with van der Waals surface area (Å²) in [5.74, 6) is 1.50. The first-order valence-electron chi connectivity index (χ1n) is 9.92. The molecule has 6 nitrogen and oxygen atoms in total. The van der Waals surface area contributed by atoms with Crippen molar-refractivity contribution in [2.75, 3.05) is 0 Å². The van der Waals surface area contributed by atoms with Gasteiger partial charge in [0.25, 0.3) is 0 Å². The highest BCUT2D eigenvalue weighted by Crippen LogP contribution is 2.29. The molecular formula is C23H25N5O. The fourth-order valence-electron chi connectivity index (χ4n) is 3.73. The third-order valence-corrected chi connectivity index (χ3v) is 5.02. The lowest BCUT2D eigenvalue weighted by Gasteiger charge is -2.12. The number of benzene rings is 2. The molecule has 0 aliphatic heterocycles. The average molecular weight is 387 g/mol. The molecule has 2 aromatic heterocycles. The summed E-state index contributed by atoms with van der Waals surface area (Å²) in [6, 6.07) is 18.6. The van der Waals surface area contributed by atoms with Crippen LogP contribution >= 0.6 is 0 Å². The molecular weight excluding hydrogens is 362 g/mol. The van der Waals surface area contributed by atoms with E-state index < -0.39 is 0 Å². The highest BCUT2D eigenvalue weighted by Gasteiger charge is 2.19. The van der Waals surface area contributed by atoms with E-state index in [-0.39, 0.29) is 11.9 Å². The lowest BCUT2D eigenvalue weighted by molar-refractivity contribution is -0.119. The molecule has 0 radical (unpaired) electrons. The average Bonchev–Trinajstić information content (AvgIpc) is 3.32. The van der Waals surface area contributed by atoms with Crippen molar-refractivity contribution in [1.82, 2.24) is 25.5 Å². The van der Waals surface area contributed by atoms with Crippen LogP contribution in [-0.2, 0) is 24.1 Å². The smallest absolute Gasteiger partial charge is 0.217 e. The van der Waals surface area contributed by atoms with Crippen molar-refractivity contribution in [3.05, 3.63) is 71.5 Å². The van der Waals surface area contributed by atoms with Gasteiger partial charge in [0.15, 0.2) is 5.82 Å². The second-order valence-corrected chi connectivity index (χ2v) is 7.42. The minimum absolute atomic E-state index is 0.0157. The van der Waals surface area contributed by atoms with E-state index in [1.165, 1.54) is 5.56 Å². The Labute approximate surface area is 169 Å². The number of aromatic nitrogens is 4. The third kappa shape index (κ3) is 4.37. The number of fused-ring (bicyclic) bond motifs is 1. The Morgan fingerprint density at radius 1 is 1.07 bits per heavy atom. The van der Waals surface area contributed by atoms with Gasteiger partial charge in [-0.15, -0.1) is 0 Å². The van der Waals surface area contributed by atoms with E-state index in [1.54, 1.807) is 6.92 Å². The Morgan fingerprint density at radius 2 is 1.83 bits per heavy atom. The molecule has 0 aliphatic rings. The minimum atomic E-state index is -0.0278. The van der Waals surface area contributed by atoms with Gasteiger partial charge in [0.1, 0.15) is 5.82 Å². The van der Waals surface area contributed by atoms with E-state index in [9.17, 15) is 4.79 Å². The van der Waals surface area contributed by atoms with E-state index in [2.05, 4.69) is 38.7 Å². The van der Waals surface area contributed by atoms with Crippen molar-refractivity contribution in [3.8, 4) is 11.5 Å². The molecule has 1 atom stereocenters. The number of carbonyl (C=O) groups is 1. The molecule has 0 saturated heterocycles. The van der Waals surface area contributed by atoms with E-state index in [4.69, 9.17) is 4.98 Å². The standard InChI is InChI=1S/C23H25N5O/c1-15(24-16(2)29)14-19-18-10-6-7-11-20(18)25-22(19)23-26-21(27-28-23)13-12-17-8-4-3-5-9-17/h3-11,15,25H,12-14H2,1-2H3,(H,24,29)(H,26,27,28)/t15-/m1/s1. The molecule has 6 heteroatoms. The molecule has 2 heterocycles. The molecule has 0 spiro atoms. The van der Waals surface area contributed by atoms with Crippen LogP contribution in [-0.4, -0.2) is 32.1 Å². The Hall–Kier alpha value is -3.41. The van der Waals surface area contributed by atoms with E-state index >= 15 is 0 Å². The van der Waals surface area contributed by atoms with Crippen LogP contribution in [0.2, 0.25) is 0 Å². The van der Waals surface area contributed by atoms with E-state index in [0.29, 0.717) is 12.2 Å². The maximum Gasteiger partial charge on any atom is 0.217 e. The SMILES string of the molecule is CC(=O)N[C@H](C)Cc1c(-c2n[nH]c(CCc3ccccc3)n2)[nH]c2ccccc12. The van der Waals surface area contributed by atoms with Crippen LogP contribution in [0, 0.1) is 0 Å². The number of rotatable bonds is 7. The maximum absolute atomic E-state index is 11.4. The topological polar surface area (TPSA) is 86.5 Å². The lowest BCUT2D eigenvalue weighted by Crippen LogP contribution is -2.32. The summed E-state index contributed by atoms with van der Waals surface area (Å²) < 4.78 is 0. The molecule has 3 N–H and O–H groups in total.